The van der Waals surface area contributed by atoms with E-state index in [4.69, 9.17) is 10.5 Å². The second-order valence-electron chi connectivity index (χ2n) is 3.94. The predicted molar refractivity (Wildman–Crippen MR) is 52.5 cm³/mol. The fraction of sp³-hybridized carbons (Fsp3) is 1.00. The summed E-state index contributed by atoms with van der Waals surface area (Å²) in [5, 5.41) is 10.1. The van der Waals surface area contributed by atoms with E-state index in [1.54, 1.807) is 0 Å². The molecule has 1 aliphatic carbocycles. The topological polar surface area (TPSA) is 55.5 Å². The molecule has 0 bridgehead atoms. The lowest BCUT2D eigenvalue weighted by molar-refractivity contribution is -0.0717. The van der Waals surface area contributed by atoms with Crippen LogP contribution in [0, 0.1) is 0 Å². The second kappa shape index (κ2) is 4.94. The highest BCUT2D eigenvalue weighted by Gasteiger charge is 2.33. The summed E-state index contributed by atoms with van der Waals surface area (Å²) in [6, 6.07) is 0. The highest BCUT2D eigenvalue weighted by Crippen LogP contribution is 2.32. The van der Waals surface area contributed by atoms with E-state index < -0.39 is 5.60 Å². The lowest BCUT2D eigenvalue weighted by Crippen LogP contribution is -2.40. The van der Waals surface area contributed by atoms with Crippen molar-refractivity contribution in [1.82, 2.24) is 0 Å². The molecule has 1 rings (SSSR count). The molecule has 0 aliphatic heterocycles. The maximum atomic E-state index is 10.1. The summed E-state index contributed by atoms with van der Waals surface area (Å²) in [7, 11) is 0. The fourth-order valence-electron chi connectivity index (χ4n) is 2.16. The van der Waals surface area contributed by atoms with Crippen LogP contribution in [0.3, 0.4) is 0 Å². The van der Waals surface area contributed by atoms with Crippen molar-refractivity contribution in [3.8, 4) is 0 Å². The number of aliphatic hydroxyl groups is 1. The minimum atomic E-state index is -0.549. The van der Waals surface area contributed by atoms with E-state index in [1.807, 2.05) is 6.92 Å². The minimum Gasteiger partial charge on any atom is -0.390 e. The van der Waals surface area contributed by atoms with E-state index in [0.717, 1.165) is 32.3 Å². The normalized spacial score (nSPS) is 34.8. The van der Waals surface area contributed by atoms with E-state index in [-0.39, 0.29) is 6.10 Å². The standard InChI is InChI=1S/C10H21NO2/c1-2-13-9-4-3-5-10(12,8-9)6-7-11/h9,12H,2-8,11H2,1H3. The van der Waals surface area contributed by atoms with E-state index >= 15 is 0 Å². The molecule has 0 aromatic rings. The molecule has 0 heterocycles. The summed E-state index contributed by atoms with van der Waals surface area (Å²) in [6.45, 7) is 3.30. The van der Waals surface area contributed by atoms with Crippen molar-refractivity contribution >= 4 is 0 Å². The van der Waals surface area contributed by atoms with Crippen LogP contribution in [0.25, 0.3) is 0 Å². The van der Waals surface area contributed by atoms with Gasteiger partial charge >= 0.3 is 0 Å². The monoisotopic (exact) mass is 187 g/mol. The third-order valence-electron chi connectivity index (χ3n) is 2.79. The van der Waals surface area contributed by atoms with Crippen LogP contribution in [0.4, 0.5) is 0 Å². The summed E-state index contributed by atoms with van der Waals surface area (Å²) in [4.78, 5) is 0. The van der Waals surface area contributed by atoms with Gasteiger partial charge in [-0.3, -0.25) is 0 Å². The van der Waals surface area contributed by atoms with Crippen LogP contribution in [-0.2, 0) is 4.74 Å². The van der Waals surface area contributed by atoms with E-state index in [9.17, 15) is 5.11 Å². The van der Waals surface area contributed by atoms with Crippen molar-refractivity contribution in [3.63, 3.8) is 0 Å². The molecule has 0 radical (unpaired) electrons. The van der Waals surface area contributed by atoms with Gasteiger partial charge in [-0.2, -0.15) is 0 Å². The maximum absolute atomic E-state index is 10.1. The Morgan fingerprint density at radius 2 is 2.38 bits per heavy atom. The molecule has 2 atom stereocenters. The molecule has 2 unspecified atom stereocenters. The molecule has 0 spiro atoms. The maximum Gasteiger partial charge on any atom is 0.0684 e. The molecule has 3 nitrogen and oxygen atoms in total. The second-order valence-corrected chi connectivity index (χ2v) is 3.94. The lowest BCUT2D eigenvalue weighted by Gasteiger charge is -2.36. The van der Waals surface area contributed by atoms with Gasteiger partial charge in [0, 0.05) is 13.0 Å². The third-order valence-corrected chi connectivity index (χ3v) is 2.79. The SMILES string of the molecule is CCOC1CCCC(O)(CCN)C1. The van der Waals surface area contributed by atoms with Gasteiger partial charge in [-0.25, -0.2) is 0 Å². The van der Waals surface area contributed by atoms with Gasteiger partial charge in [0.1, 0.15) is 0 Å². The molecule has 0 saturated heterocycles. The average molecular weight is 187 g/mol. The average Bonchev–Trinajstić information content (AvgIpc) is 2.04. The van der Waals surface area contributed by atoms with Crippen molar-refractivity contribution in [2.75, 3.05) is 13.2 Å². The van der Waals surface area contributed by atoms with Crippen LogP contribution in [0.15, 0.2) is 0 Å². The number of hydrogen-bond donors (Lipinski definition) is 2. The van der Waals surface area contributed by atoms with Crippen molar-refractivity contribution in [3.05, 3.63) is 0 Å². The molecule has 1 saturated carbocycles. The van der Waals surface area contributed by atoms with Gasteiger partial charge < -0.3 is 15.6 Å². The van der Waals surface area contributed by atoms with Crippen LogP contribution >= 0.6 is 0 Å². The van der Waals surface area contributed by atoms with Crippen LogP contribution < -0.4 is 5.73 Å². The summed E-state index contributed by atoms with van der Waals surface area (Å²) < 4.78 is 5.52. The number of ether oxygens (including phenoxy) is 1. The molecule has 1 aliphatic rings. The Bertz CT molecular complexity index is 146. The van der Waals surface area contributed by atoms with Gasteiger partial charge in [0.25, 0.3) is 0 Å². The minimum absolute atomic E-state index is 0.246. The molecule has 3 heteroatoms. The molecule has 0 aromatic carbocycles. The Morgan fingerprint density at radius 3 is 3.00 bits per heavy atom. The Kier molecular flexibility index (Phi) is 4.16. The van der Waals surface area contributed by atoms with Crippen molar-refractivity contribution in [2.45, 2.75) is 50.7 Å². The summed E-state index contributed by atoms with van der Waals surface area (Å²) in [5.74, 6) is 0. The largest absolute Gasteiger partial charge is 0.390 e. The van der Waals surface area contributed by atoms with Crippen LogP contribution in [0.2, 0.25) is 0 Å². The summed E-state index contributed by atoms with van der Waals surface area (Å²) in [6.07, 6.45) is 4.74. The third kappa shape index (κ3) is 3.25. The lowest BCUT2D eigenvalue weighted by atomic mass is 9.81. The summed E-state index contributed by atoms with van der Waals surface area (Å²) >= 11 is 0. The molecule has 0 amide bonds. The summed E-state index contributed by atoms with van der Waals surface area (Å²) in [5.41, 5.74) is 4.91. The Balaban J connectivity index is 2.39. The number of rotatable bonds is 4. The van der Waals surface area contributed by atoms with Crippen LogP contribution in [-0.4, -0.2) is 30.0 Å². The zero-order valence-corrected chi connectivity index (χ0v) is 8.46. The smallest absolute Gasteiger partial charge is 0.0684 e. The molecule has 78 valence electrons. The molecule has 0 aromatic heterocycles. The zero-order chi connectivity index (χ0) is 9.73. The molecular weight excluding hydrogens is 166 g/mol. The Morgan fingerprint density at radius 1 is 1.62 bits per heavy atom. The van der Waals surface area contributed by atoms with Gasteiger partial charge in [0.15, 0.2) is 0 Å². The first kappa shape index (κ1) is 11.0. The fourth-order valence-corrected chi connectivity index (χ4v) is 2.16. The Hall–Kier alpha value is -0.120. The van der Waals surface area contributed by atoms with E-state index in [2.05, 4.69) is 0 Å². The van der Waals surface area contributed by atoms with Crippen molar-refractivity contribution in [2.24, 2.45) is 5.73 Å². The number of hydrogen-bond acceptors (Lipinski definition) is 3. The Labute approximate surface area is 80.3 Å². The molecular formula is C10H21NO2. The van der Waals surface area contributed by atoms with Gasteiger partial charge in [-0.15, -0.1) is 0 Å². The number of nitrogens with two attached hydrogens (primary N) is 1. The molecule has 1 fully saturated rings. The van der Waals surface area contributed by atoms with Gasteiger partial charge in [0.05, 0.1) is 11.7 Å². The van der Waals surface area contributed by atoms with Crippen LogP contribution in [0.1, 0.15) is 39.0 Å². The first-order valence-electron chi connectivity index (χ1n) is 5.24. The first-order chi connectivity index (χ1) is 6.20. The van der Waals surface area contributed by atoms with Gasteiger partial charge in [0.2, 0.25) is 0 Å². The van der Waals surface area contributed by atoms with Crippen LogP contribution in [0.5, 0.6) is 0 Å². The van der Waals surface area contributed by atoms with Gasteiger partial charge in [-0.05, 0) is 39.2 Å². The molecule has 3 N–H and O–H groups in total. The highest BCUT2D eigenvalue weighted by molar-refractivity contribution is 4.87. The van der Waals surface area contributed by atoms with Gasteiger partial charge in [-0.1, -0.05) is 0 Å². The van der Waals surface area contributed by atoms with E-state index in [0.29, 0.717) is 13.0 Å². The zero-order valence-electron chi connectivity index (χ0n) is 8.46. The quantitative estimate of drug-likeness (QED) is 0.691. The highest BCUT2D eigenvalue weighted by atomic mass is 16.5. The first-order valence-corrected chi connectivity index (χ1v) is 5.24. The molecule has 13 heavy (non-hydrogen) atoms. The predicted octanol–water partition coefficient (Wildman–Crippen LogP) is 1.05. The van der Waals surface area contributed by atoms with Crippen molar-refractivity contribution < 1.29 is 9.84 Å². The van der Waals surface area contributed by atoms with Crippen molar-refractivity contribution in [1.29, 1.82) is 0 Å². The van der Waals surface area contributed by atoms with E-state index in [1.165, 1.54) is 0 Å².